The van der Waals surface area contributed by atoms with E-state index in [1.54, 1.807) is 0 Å². The van der Waals surface area contributed by atoms with Crippen LogP contribution < -0.4 is 22.9 Å². The lowest BCUT2D eigenvalue weighted by atomic mass is 9.79. The average molecular weight is 395 g/mol. The Morgan fingerprint density at radius 2 is 1.38 bits per heavy atom. The SMILES string of the molecule is Cl.Cl.NC(N)=Nc1ccc(C2CCCc3ccc(N=C(N)N)cc32)cc1. The number of benzene rings is 2. The third-order valence-corrected chi connectivity index (χ3v) is 4.26. The van der Waals surface area contributed by atoms with Crippen molar-refractivity contribution in [3.8, 4) is 0 Å². The Hall–Kier alpha value is -2.44. The fourth-order valence-corrected chi connectivity index (χ4v) is 3.28. The maximum atomic E-state index is 5.50. The van der Waals surface area contributed by atoms with Gasteiger partial charge in [-0.15, -0.1) is 24.8 Å². The van der Waals surface area contributed by atoms with Crippen LogP contribution >= 0.6 is 24.8 Å². The molecule has 0 aliphatic heterocycles. The molecule has 1 atom stereocenters. The van der Waals surface area contributed by atoms with Crippen molar-refractivity contribution in [3.63, 3.8) is 0 Å². The molecular weight excluding hydrogens is 371 g/mol. The Labute approximate surface area is 165 Å². The summed E-state index contributed by atoms with van der Waals surface area (Å²) in [5.41, 5.74) is 27.3. The van der Waals surface area contributed by atoms with E-state index in [4.69, 9.17) is 22.9 Å². The first-order valence-corrected chi connectivity index (χ1v) is 7.95. The molecule has 0 spiro atoms. The fraction of sp³-hybridized carbons (Fsp3) is 0.222. The summed E-state index contributed by atoms with van der Waals surface area (Å²) in [6.45, 7) is 0. The van der Waals surface area contributed by atoms with Crippen molar-refractivity contribution in [1.82, 2.24) is 0 Å². The van der Waals surface area contributed by atoms with Crippen molar-refractivity contribution in [3.05, 3.63) is 59.2 Å². The van der Waals surface area contributed by atoms with Gasteiger partial charge in [0.05, 0.1) is 11.4 Å². The summed E-state index contributed by atoms with van der Waals surface area (Å²) in [4.78, 5) is 8.23. The number of aryl methyl sites for hydroxylation is 1. The lowest BCUT2D eigenvalue weighted by Gasteiger charge is -2.26. The predicted octanol–water partition coefficient (Wildman–Crippen LogP) is 2.81. The molecule has 6 nitrogen and oxygen atoms in total. The molecule has 1 unspecified atom stereocenters. The first-order valence-electron chi connectivity index (χ1n) is 7.95. The maximum absolute atomic E-state index is 5.50. The highest BCUT2D eigenvalue weighted by Gasteiger charge is 2.22. The summed E-state index contributed by atoms with van der Waals surface area (Å²) in [6.07, 6.45) is 3.34. The van der Waals surface area contributed by atoms with Crippen molar-refractivity contribution in [1.29, 1.82) is 0 Å². The molecule has 2 aromatic carbocycles. The van der Waals surface area contributed by atoms with E-state index in [0.29, 0.717) is 5.92 Å². The smallest absolute Gasteiger partial charge is 0.191 e. The Kier molecular flexibility index (Phi) is 7.74. The van der Waals surface area contributed by atoms with E-state index in [1.807, 2.05) is 18.2 Å². The van der Waals surface area contributed by atoms with Crippen LogP contribution in [0.4, 0.5) is 11.4 Å². The molecule has 0 aromatic heterocycles. The van der Waals surface area contributed by atoms with Crippen LogP contribution in [0.15, 0.2) is 52.4 Å². The molecule has 1 aliphatic carbocycles. The van der Waals surface area contributed by atoms with E-state index in [1.165, 1.54) is 16.7 Å². The number of nitrogens with zero attached hydrogens (tertiary/aromatic N) is 2. The van der Waals surface area contributed by atoms with Crippen LogP contribution in [0, 0.1) is 0 Å². The van der Waals surface area contributed by atoms with Gasteiger partial charge in [0.2, 0.25) is 0 Å². The molecule has 0 radical (unpaired) electrons. The summed E-state index contributed by atoms with van der Waals surface area (Å²) >= 11 is 0. The molecule has 3 rings (SSSR count). The molecule has 0 heterocycles. The van der Waals surface area contributed by atoms with Gasteiger partial charge in [-0.3, -0.25) is 0 Å². The Balaban J connectivity index is 0.00000169. The van der Waals surface area contributed by atoms with Gasteiger partial charge in [0.25, 0.3) is 0 Å². The monoisotopic (exact) mass is 394 g/mol. The standard InChI is InChI=1S/C18H22N6.2ClH/c19-17(20)23-13-7-4-12(5-8-13)15-3-1-2-11-6-9-14(10-16(11)15)24-18(21)22;;/h4-10,15H,1-3H2,(H4,19,20,23)(H4,21,22,24);2*1H. The third-order valence-electron chi connectivity index (χ3n) is 4.26. The van der Waals surface area contributed by atoms with Gasteiger partial charge >= 0.3 is 0 Å². The van der Waals surface area contributed by atoms with Crippen molar-refractivity contribution in [2.75, 3.05) is 0 Å². The highest BCUT2D eigenvalue weighted by molar-refractivity contribution is 5.85. The van der Waals surface area contributed by atoms with E-state index >= 15 is 0 Å². The summed E-state index contributed by atoms with van der Waals surface area (Å²) in [5.74, 6) is 0.465. The lowest BCUT2D eigenvalue weighted by Crippen LogP contribution is -2.22. The van der Waals surface area contributed by atoms with Gasteiger partial charge in [0.1, 0.15) is 0 Å². The van der Waals surface area contributed by atoms with Gasteiger partial charge in [-0.25, -0.2) is 9.98 Å². The molecule has 26 heavy (non-hydrogen) atoms. The van der Waals surface area contributed by atoms with Gasteiger partial charge < -0.3 is 22.9 Å². The molecule has 0 amide bonds. The van der Waals surface area contributed by atoms with Gasteiger partial charge in [-0.1, -0.05) is 18.2 Å². The van der Waals surface area contributed by atoms with Crippen LogP contribution in [0.5, 0.6) is 0 Å². The van der Waals surface area contributed by atoms with E-state index in [0.717, 1.165) is 30.6 Å². The summed E-state index contributed by atoms with van der Waals surface area (Å²) in [6, 6.07) is 14.2. The molecule has 0 saturated carbocycles. The van der Waals surface area contributed by atoms with Crippen LogP contribution in [-0.2, 0) is 6.42 Å². The predicted molar refractivity (Wildman–Crippen MR) is 113 cm³/mol. The van der Waals surface area contributed by atoms with Crippen LogP contribution in [-0.4, -0.2) is 11.9 Å². The molecule has 2 aromatic rings. The topological polar surface area (TPSA) is 129 Å². The van der Waals surface area contributed by atoms with Gasteiger partial charge in [-0.2, -0.15) is 0 Å². The summed E-state index contributed by atoms with van der Waals surface area (Å²) in [7, 11) is 0. The maximum Gasteiger partial charge on any atom is 0.191 e. The van der Waals surface area contributed by atoms with Crippen LogP contribution in [0.3, 0.4) is 0 Å². The largest absolute Gasteiger partial charge is 0.370 e. The van der Waals surface area contributed by atoms with Crippen molar-refractivity contribution < 1.29 is 0 Å². The second-order valence-corrected chi connectivity index (χ2v) is 5.99. The minimum absolute atomic E-state index is 0. The first-order chi connectivity index (χ1) is 11.5. The number of hydrogen-bond acceptors (Lipinski definition) is 2. The van der Waals surface area contributed by atoms with E-state index in [2.05, 4.69) is 34.3 Å². The molecule has 0 fully saturated rings. The number of hydrogen-bond donors (Lipinski definition) is 4. The number of nitrogens with two attached hydrogens (primary N) is 4. The number of halogens is 2. The first kappa shape index (κ1) is 21.6. The van der Waals surface area contributed by atoms with E-state index in [-0.39, 0.29) is 36.7 Å². The van der Waals surface area contributed by atoms with Crippen molar-refractivity contribution in [2.45, 2.75) is 25.2 Å². The van der Waals surface area contributed by atoms with Crippen LogP contribution in [0.2, 0.25) is 0 Å². The average Bonchev–Trinajstić information content (AvgIpc) is 2.54. The molecule has 8 N–H and O–H groups in total. The van der Waals surface area contributed by atoms with E-state index in [9.17, 15) is 0 Å². The highest BCUT2D eigenvalue weighted by Crippen LogP contribution is 2.38. The fourth-order valence-electron chi connectivity index (χ4n) is 3.28. The van der Waals surface area contributed by atoms with Crippen LogP contribution in [0.25, 0.3) is 0 Å². The highest BCUT2D eigenvalue weighted by atomic mass is 35.5. The van der Waals surface area contributed by atoms with Crippen molar-refractivity contribution >= 4 is 48.1 Å². The third kappa shape index (κ3) is 5.03. The molecule has 0 bridgehead atoms. The zero-order valence-corrected chi connectivity index (χ0v) is 15.9. The van der Waals surface area contributed by atoms with Gasteiger partial charge in [0.15, 0.2) is 11.9 Å². The number of aliphatic imine (C=N–C) groups is 2. The second kappa shape index (κ2) is 9.31. The Morgan fingerprint density at radius 1 is 0.808 bits per heavy atom. The second-order valence-electron chi connectivity index (χ2n) is 5.99. The minimum Gasteiger partial charge on any atom is -0.370 e. The Morgan fingerprint density at radius 3 is 2.00 bits per heavy atom. The summed E-state index contributed by atoms with van der Waals surface area (Å²) in [5, 5.41) is 0. The van der Waals surface area contributed by atoms with Crippen molar-refractivity contribution in [2.24, 2.45) is 32.9 Å². The zero-order chi connectivity index (χ0) is 17.1. The number of guanidine groups is 2. The molecule has 8 heteroatoms. The quantitative estimate of drug-likeness (QED) is 0.470. The minimum atomic E-state index is 0. The lowest BCUT2D eigenvalue weighted by molar-refractivity contribution is 0.616. The molecular formula is C18H24Cl2N6. The normalized spacial score (nSPS) is 14.8. The van der Waals surface area contributed by atoms with Crippen LogP contribution in [0.1, 0.15) is 35.4 Å². The van der Waals surface area contributed by atoms with E-state index < -0.39 is 0 Å². The van der Waals surface area contributed by atoms with Gasteiger partial charge in [0, 0.05) is 5.92 Å². The molecule has 1 aliphatic rings. The number of rotatable bonds is 3. The summed E-state index contributed by atoms with van der Waals surface area (Å²) < 4.78 is 0. The number of fused-ring (bicyclic) bond motifs is 1. The zero-order valence-electron chi connectivity index (χ0n) is 14.3. The molecule has 0 saturated heterocycles. The molecule has 140 valence electrons. The Bertz CT molecular complexity index is 794. The van der Waals surface area contributed by atoms with Gasteiger partial charge in [-0.05, 0) is 60.2 Å².